The van der Waals surface area contributed by atoms with E-state index in [2.05, 4.69) is 20.9 Å². The third kappa shape index (κ3) is 2.97. The van der Waals surface area contributed by atoms with Crippen LogP contribution in [0.25, 0.3) is 0 Å². The summed E-state index contributed by atoms with van der Waals surface area (Å²) in [5, 5.41) is 2.04. The first-order valence-corrected chi connectivity index (χ1v) is 7.15. The Morgan fingerprint density at radius 1 is 1.56 bits per heavy atom. The zero-order chi connectivity index (χ0) is 13.1. The molecule has 0 saturated heterocycles. The largest absolute Gasteiger partial charge is 0.336 e. The van der Waals surface area contributed by atoms with Crippen molar-refractivity contribution in [2.45, 2.75) is 13.5 Å². The van der Waals surface area contributed by atoms with E-state index >= 15 is 0 Å². The first kappa shape index (κ1) is 13.2. The molecule has 0 aromatic carbocycles. The maximum atomic E-state index is 12.2. The van der Waals surface area contributed by atoms with Gasteiger partial charge >= 0.3 is 0 Å². The lowest BCUT2D eigenvalue weighted by Crippen LogP contribution is -2.27. The van der Waals surface area contributed by atoms with E-state index in [9.17, 15) is 4.79 Å². The van der Waals surface area contributed by atoms with Gasteiger partial charge in [-0.3, -0.25) is 9.78 Å². The summed E-state index contributed by atoms with van der Waals surface area (Å²) < 4.78 is 1.08. The summed E-state index contributed by atoms with van der Waals surface area (Å²) in [4.78, 5) is 18.1. The molecule has 2 aromatic heterocycles. The quantitative estimate of drug-likeness (QED) is 0.865. The summed E-state index contributed by atoms with van der Waals surface area (Å²) in [6, 6.07) is 5.76. The zero-order valence-electron chi connectivity index (χ0n) is 10.2. The molecule has 1 amide bonds. The molecule has 0 aliphatic heterocycles. The Bertz CT molecular complexity index is 568. The minimum absolute atomic E-state index is 0.0459. The molecule has 0 aliphatic carbocycles. The summed E-state index contributed by atoms with van der Waals surface area (Å²) in [6.07, 6.45) is 1.65. The lowest BCUT2D eigenvalue weighted by Gasteiger charge is -2.16. The molecule has 0 aliphatic rings. The van der Waals surface area contributed by atoms with Gasteiger partial charge in [0.05, 0.1) is 3.79 Å². The normalized spacial score (nSPS) is 10.4. The van der Waals surface area contributed by atoms with Gasteiger partial charge in [0.15, 0.2) is 0 Å². The van der Waals surface area contributed by atoms with Crippen molar-refractivity contribution >= 4 is 33.2 Å². The number of amides is 1. The SMILES string of the molecule is Cc1cccnc1C(=O)N(C)Cc1csc(Br)c1. The summed E-state index contributed by atoms with van der Waals surface area (Å²) in [6.45, 7) is 2.49. The van der Waals surface area contributed by atoms with Crippen LogP contribution < -0.4 is 0 Å². The Morgan fingerprint density at radius 2 is 2.33 bits per heavy atom. The van der Waals surface area contributed by atoms with Crippen LogP contribution in [0.1, 0.15) is 21.6 Å². The molecule has 0 radical (unpaired) electrons. The topological polar surface area (TPSA) is 33.2 Å². The van der Waals surface area contributed by atoms with E-state index in [4.69, 9.17) is 0 Å². The number of halogens is 1. The van der Waals surface area contributed by atoms with Crippen LogP contribution in [0.3, 0.4) is 0 Å². The summed E-state index contributed by atoms with van der Waals surface area (Å²) >= 11 is 5.04. The second-order valence-corrected chi connectivity index (χ2v) is 6.38. The van der Waals surface area contributed by atoms with E-state index in [-0.39, 0.29) is 5.91 Å². The molecule has 0 bridgehead atoms. The highest BCUT2D eigenvalue weighted by molar-refractivity contribution is 9.11. The molecule has 2 aromatic rings. The average molecular weight is 325 g/mol. The number of rotatable bonds is 3. The van der Waals surface area contributed by atoms with Gasteiger partial charge in [0.1, 0.15) is 5.69 Å². The van der Waals surface area contributed by atoms with Crippen LogP contribution in [0, 0.1) is 6.92 Å². The molecule has 2 rings (SSSR count). The summed E-state index contributed by atoms with van der Waals surface area (Å²) in [5.41, 5.74) is 2.55. The Kier molecular flexibility index (Phi) is 4.14. The third-order valence-corrected chi connectivity index (χ3v) is 4.15. The molecule has 94 valence electrons. The van der Waals surface area contributed by atoms with Gasteiger partial charge in [-0.2, -0.15) is 0 Å². The summed E-state index contributed by atoms with van der Waals surface area (Å²) in [7, 11) is 1.79. The summed E-state index contributed by atoms with van der Waals surface area (Å²) in [5.74, 6) is -0.0459. The van der Waals surface area contributed by atoms with Crippen molar-refractivity contribution in [2.75, 3.05) is 7.05 Å². The van der Waals surface area contributed by atoms with Crippen LogP contribution in [0.5, 0.6) is 0 Å². The molecule has 2 heterocycles. The first-order valence-electron chi connectivity index (χ1n) is 5.48. The van der Waals surface area contributed by atoms with E-state index < -0.39 is 0 Å². The van der Waals surface area contributed by atoms with E-state index in [1.807, 2.05) is 30.5 Å². The molecular weight excluding hydrogens is 312 g/mol. The van der Waals surface area contributed by atoms with Crippen LogP contribution >= 0.6 is 27.3 Å². The van der Waals surface area contributed by atoms with Crippen molar-refractivity contribution in [1.82, 2.24) is 9.88 Å². The Labute approximate surface area is 119 Å². The van der Waals surface area contributed by atoms with Gasteiger partial charge in [0.2, 0.25) is 0 Å². The molecule has 0 N–H and O–H groups in total. The molecule has 0 saturated carbocycles. The first-order chi connectivity index (χ1) is 8.58. The number of hydrogen-bond donors (Lipinski definition) is 0. The number of thiophene rings is 1. The monoisotopic (exact) mass is 324 g/mol. The number of aryl methyl sites for hydroxylation is 1. The highest BCUT2D eigenvalue weighted by Crippen LogP contribution is 2.21. The minimum Gasteiger partial charge on any atom is -0.336 e. The second kappa shape index (κ2) is 5.63. The third-order valence-electron chi connectivity index (χ3n) is 2.60. The smallest absolute Gasteiger partial charge is 0.272 e. The van der Waals surface area contributed by atoms with E-state index in [1.165, 1.54) is 0 Å². The second-order valence-electron chi connectivity index (χ2n) is 4.09. The van der Waals surface area contributed by atoms with Gasteiger partial charge in [0.25, 0.3) is 5.91 Å². The van der Waals surface area contributed by atoms with E-state index in [0.29, 0.717) is 12.2 Å². The van der Waals surface area contributed by atoms with Crippen LogP contribution in [0.4, 0.5) is 0 Å². The molecule has 18 heavy (non-hydrogen) atoms. The number of aromatic nitrogens is 1. The van der Waals surface area contributed by atoms with Gasteiger partial charge in [-0.25, -0.2) is 0 Å². The Morgan fingerprint density at radius 3 is 2.94 bits per heavy atom. The predicted octanol–water partition coefficient (Wildman–Crippen LogP) is 3.49. The van der Waals surface area contributed by atoms with E-state index in [0.717, 1.165) is 14.9 Å². The van der Waals surface area contributed by atoms with E-state index in [1.54, 1.807) is 29.5 Å². The lowest BCUT2D eigenvalue weighted by molar-refractivity contribution is 0.0778. The maximum absolute atomic E-state index is 12.2. The van der Waals surface area contributed by atoms with Crippen LogP contribution in [-0.2, 0) is 6.54 Å². The van der Waals surface area contributed by atoms with Crippen molar-refractivity contribution in [3.63, 3.8) is 0 Å². The number of carbonyl (C=O) groups is 1. The molecular formula is C13H13BrN2OS. The van der Waals surface area contributed by atoms with Crippen molar-refractivity contribution in [3.05, 3.63) is 50.4 Å². The molecule has 0 atom stereocenters. The standard InChI is InChI=1S/C13H13BrN2OS/c1-9-4-3-5-15-12(9)13(17)16(2)7-10-6-11(14)18-8-10/h3-6,8H,7H2,1-2H3. The zero-order valence-corrected chi connectivity index (χ0v) is 12.6. The van der Waals surface area contributed by atoms with Gasteiger partial charge in [-0.1, -0.05) is 6.07 Å². The van der Waals surface area contributed by atoms with Crippen molar-refractivity contribution in [3.8, 4) is 0 Å². The molecule has 0 spiro atoms. The van der Waals surface area contributed by atoms with Crippen LogP contribution in [0.2, 0.25) is 0 Å². The Balaban J connectivity index is 2.12. The predicted molar refractivity (Wildman–Crippen MR) is 76.8 cm³/mol. The molecule has 3 nitrogen and oxygen atoms in total. The van der Waals surface area contributed by atoms with Crippen molar-refractivity contribution in [2.24, 2.45) is 0 Å². The van der Waals surface area contributed by atoms with Gasteiger partial charge in [-0.05, 0) is 51.5 Å². The fourth-order valence-electron chi connectivity index (χ4n) is 1.66. The minimum atomic E-state index is -0.0459. The molecule has 5 heteroatoms. The fourth-order valence-corrected chi connectivity index (χ4v) is 2.87. The van der Waals surface area contributed by atoms with Crippen molar-refractivity contribution in [1.29, 1.82) is 0 Å². The Hall–Kier alpha value is -1.20. The van der Waals surface area contributed by atoms with Gasteiger partial charge in [-0.15, -0.1) is 11.3 Å². The van der Waals surface area contributed by atoms with Crippen LogP contribution in [0.15, 0.2) is 33.6 Å². The fraction of sp³-hybridized carbons (Fsp3) is 0.231. The highest BCUT2D eigenvalue weighted by atomic mass is 79.9. The van der Waals surface area contributed by atoms with Crippen molar-refractivity contribution < 1.29 is 4.79 Å². The lowest BCUT2D eigenvalue weighted by atomic mass is 10.2. The average Bonchev–Trinajstić information content (AvgIpc) is 2.74. The number of pyridine rings is 1. The molecule has 0 unspecified atom stereocenters. The van der Waals surface area contributed by atoms with Gasteiger partial charge in [0, 0.05) is 19.8 Å². The van der Waals surface area contributed by atoms with Crippen LogP contribution in [-0.4, -0.2) is 22.8 Å². The van der Waals surface area contributed by atoms with Gasteiger partial charge < -0.3 is 4.90 Å². The maximum Gasteiger partial charge on any atom is 0.272 e. The number of carbonyl (C=O) groups excluding carboxylic acids is 1. The number of nitrogens with zero attached hydrogens (tertiary/aromatic N) is 2. The highest BCUT2D eigenvalue weighted by Gasteiger charge is 2.15. The molecule has 0 fully saturated rings. The number of hydrogen-bond acceptors (Lipinski definition) is 3.